The summed E-state index contributed by atoms with van der Waals surface area (Å²) in [6, 6.07) is 15.5. The van der Waals surface area contributed by atoms with Crippen LogP contribution in [-0.4, -0.2) is 43.1 Å². The van der Waals surface area contributed by atoms with Gasteiger partial charge in [-0.1, -0.05) is 29.4 Å². The molecule has 3 aromatic heterocycles. The molecular formula is C29H31N5O3. The van der Waals surface area contributed by atoms with Crippen molar-refractivity contribution < 1.29 is 14.4 Å². The third-order valence-electron chi connectivity index (χ3n) is 7.13. The Kier molecular flexibility index (Phi) is 7.37. The van der Waals surface area contributed by atoms with Crippen molar-refractivity contribution in [2.45, 2.75) is 45.3 Å². The highest BCUT2D eigenvalue weighted by molar-refractivity contribution is 5.94. The molecule has 5 rings (SSSR count). The second-order valence-corrected chi connectivity index (χ2v) is 9.92. The predicted octanol–water partition coefficient (Wildman–Crippen LogP) is 4.80. The minimum Gasteiger partial charge on any atom is -0.388 e. The van der Waals surface area contributed by atoms with Crippen LogP contribution in [0.4, 0.5) is 0 Å². The number of aliphatic hydroxyl groups excluding tert-OH is 1. The number of nitrogens with zero attached hydrogens (tertiary/aromatic N) is 5. The van der Waals surface area contributed by atoms with Crippen molar-refractivity contribution in [3.8, 4) is 11.5 Å². The SMILES string of the molecule is Cc1nc(-c2ccc([C@@H](O)[C@H]3CCC(Cc4ccc(C(=O)N(C)Cc5cccnc5)cc4)C3)cn2)no1. The van der Waals surface area contributed by atoms with Crippen LogP contribution in [0.25, 0.3) is 11.5 Å². The zero-order valence-electron chi connectivity index (χ0n) is 21.1. The molecule has 1 aliphatic carbocycles. The fraction of sp³-hybridized carbons (Fsp3) is 0.345. The van der Waals surface area contributed by atoms with Gasteiger partial charge in [-0.3, -0.25) is 14.8 Å². The molecule has 1 amide bonds. The van der Waals surface area contributed by atoms with Crippen LogP contribution in [-0.2, 0) is 13.0 Å². The van der Waals surface area contributed by atoms with E-state index in [1.165, 1.54) is 5.56 Å². The largest absolute Gasteiger partial charge is 0.388 e. The van der Waals surface area contributed by atoms with E-state index in [4.69, 9.17) is 4.52 Å². The molecule has 1 unspecified atom stereocenters. The molecular weight excluding hydrogens is 466 g/mol. The van der Waals surface area contributed by atoms with Crippen molar-refractivity contribution >= 4 is 5.91 Å². The molecule has 0 spiro atoms. The lowest BCUT2D eigenvalue weighted by atomic mass is 9.92. The van der Waals surface area contributed by atoms with E-state index in [1.807, 2.05) is 43.4 Å². The summed E-state index contributed by atoms with van der Waals surface area (Å²) in [5.74, 6) is 1.64. The van der Waals surface area contributed by atoms with Gasteiger partial charge < -0.3 is 14.5 Å². The lowest BCUT2D eigenvalue weighted by Crippen LogP contribution is -2.26. The summed E-state index contributed by atoms with van der Waals surface area (Å²) >= 11 is 0. The predicted molar refractivity (Wildman–Crippen MR) is 138 cm³/mol. The number of aliphatic hydroxyl groups is 1. The highest BCUT2D eigenvalue weighted by Gasteiger charge is 2.31. The number of hydrogen-bond acceptors (Lipinski definition) is 7. The third-order valence-corrected chi connectivity index (χ3v) is 7.13. The molecule has 1 saturated carbocycles. The summed E-state index contributed by atoms with van der Waals surface area (Å²) in [5, 5.41) is 14.9. The van der Waals surface area contributed by atoms with Crippen LogP contribution in [0.5, 0.6) is 0 Å². The third kappa shape index (κ3) is 5.91. The molecule has 0 aliphatic heterocycles. The molecule has 0 radical (unpaired) electrons. The lowest BCUT2D eigenvalue weighted by Gasteiger charge is -2.19. The molecule has 3 heterocycles. The molecule has 0 bridgehead atoms. The van der Waals surface area contributed by atoms with Gasteiger partial charge in [-0.15, -0.1) is 0 Å². The first-order valence-electron chi connectivity index (χ1n) is 12.6. The van der Waals surface area contributed by atoms with Crippen molar-refractivity contribution in [1.82, 2.24) is 25.0 Å². The summed E-state index contributed by atoms with van der Waals surface area (Å²) in [5.41, 5.74) is 4.34. The van der Waals surface area contributed by atoms with Crippen molar-refractivity contribution in [3.05, 3.63) is 95.3 Å². The smallest absolute Gasteiger partial charge is 0.253 e. The van der Waals surface area contributed by atoms with Gasteiger partial charge in [0.2, 0.25) is 11.7 Å². The first-order chi connectivity index (χ1) is 18.0. The van der Waals surface area contributed by atoms with Gasteiger partial charge in [-0.05, 0) is 78.5 Å². The number of carbonyl (C=O) groups is 1. The van der Waals surface area contributed by atoms with E-state index in [9.17, 15) is 9.90 Å². The van der Waals surface area contributed by atoms with Gasteiger partial charge in [-0.2, -0.15) is 4.98 Å². The van der Waals surface area contributed by atoms with Gasteiger partial charge in [0.15, 0.2) is 0 Å². The first-order valence-corrected chi connectivity index (χ1v) is 12.6. The average molecular weight is 498 g/mol. The van der Waals surface area contributed by atoms with Gasteiger partial charge in [-0.25, -0.2) is 0 Å². The molecule has 3 atom stereocenters. The Morgan fingerprint density at radius 3 is 2.62 bits per heavy atom. The Hall–Kier alpha value is -3.91. The highest BCUT2D eigenvalue weighted by atomic mass is 16.5. The van der Waals surface area contributed by atoms with E-state index in [0.717, 1.165) is 36.8 Å². The van der Waals surface area contributed by atoms with E-state index in [-0.39, 0.29) is 11.8 Å². The summed E-state index contributed by atoms with van der Waals surface area (Å²) in [6.45, 7) is 2.26. The van der Waals surface area contributed by atoms with Crippen LogP contribution in [0, 0.1) is 18.8 Å². The molecule has 8 nitrogen and oxygen atoms in total. The molecule has 1 aliphatic rings. The monoisotopic (exact) mass is 497 g/mol. The lowest BCUT2D eigenvalue weighted by molar-refractivity contribution is 0.0785. The number of carbonyl (C=O) groups excluding carboxylic acids is 1. The van der Waals surface area contributed by atoms with Crippen molar-refractivity contribution in [1.29, 1.82) is 0 Å². The summed E-state index contributed by atoms with van der Waals surface area (Å²) < 4.78 is 5.02. The topological polar surface area (TPSA) is 105 Å². The Morgan fingerprint density at radius 2 is 1.95 bits per heavy atom. The second kappa shape index (κ2) is 11.0. The number of hydrogen-bond donors (Lipinski definition) is 1. The normalized spacial score (nSPS) is 18.0. The van der Waals surface area contributed by atoms with Crippen LogP contribution in [0.15, 0.2) is 71.6 Å². The van der Waals surface area contributed by atoms with Crippen molar-refractivity contribution in [2.24, 2.45) is 11.8 Å². The standard InChI is InChI=1S/C29H31N5O3/c1-19-32-28(33-37-19)26-12-11-25(17-31-26)27(35)24-10-7-21(15-24)14-20-5-8-23(9-6-20)29(36)34(2)18-22-4-3-13-30-16-22/h3-6,8-9,11-13,16-17,21,24,27,35H,7,10,14-15,18H2,1-2H3/t21?,24-,27-/m0/s1. The Labute approximate surface area is 216 Å². The van der Waals surface area contributed by atoms with Gasteiger partial charge in [0, 0.05) is 44.7 Å². The average Bonchev–Trinajstić information content (AvgIpc) is 3.58. The van der Waals surface area contributed by atoms with Gasteiger partial charge in [0.1, 0.15) is 5.69 Å². The minimum atomic E-state index is -0.547. The fourth-order valence-corrected chi connectivity index (χ4v) is 5.15. The summed E-state index contributed by atoms with van der Waals surface area (Å²) in [4.78, 5) is 27.3. The van der Waals surface area contributed by atoms with E-state index < -0.39 is 6.10 Å². The van der Waals surface area contributed by atoms with Crippen LogP contribution < -0.4 is 0 Å². The van der Waals surface area contributed by atoms with Crippen LogP contribution >= 0.6 is 0 Å². The molecule has 190 valence electrons. The fourth-order valence-electron chi connectivity index (χ4n) is 5.15. The molecule has 37 heavy (non-hydrogen) atoms. The minimum absolute atomic E-state index is 0.00597. The van der Waals surface area contributed by atoms with Crippen LogP contribution in [0.3, 0.4) is 0 Å². The number of aryl methyl sites for hydroxylation is 1. The van der Waals surface area contributed by atoms with Crippen LogP contribution in [0.2, 0.25) is 0 Å². The maximum absolute atomic E-state index is 12.8. The molecule has 1 N–H and O–H groups in total. The first kappa shape index (κ1) is 24.8. The zero-order valence-corrected chi connectivity index (χ0v) is 21.1. The number of pyridine rings is 2. The van der Waals surface area contributed by atoms with Gasteiger partial charge >= 0.3 is 0 Å². The maximum Gasteiger partial charge on any atom is 0.253 e. The second-order valence-electron chi connectivity index (χ2n) is 9.92. The Balaban J connectivity index is 1.14. The van der Waals surface area contributed by atoms with Gasteiger partial charge in [0.05, 0.1) is 6.10 Å². The number of benzene rings is 1. The quantitative estimate of drug-likeness (QED) is 0.373. The van der Waals surface area contributed by atoms with E-state index in [2.05, 4.69) is 32.2 Å². The summed E-state index contributed by atoms with van der Waals surface area (Å²) in [7, 11) is 1.81. The van der Waals surface area contributed by atoms with E-state index in [1.54, 1.807) is 30.4 Å². The zero-order chi connectivity index (χ0) is 25.8. The van der Waals surface area contributed by atoms with E-state index >= 15 is 0 Å². The molecule has 8 heteroatoms. The maximum atomic E-state index is 12.8. The molecule has 4 aromatic rings. The molecule has 1 fully saturated rings. The highest BCUT2D eigenvalue weighted by Crippen LogP contribution is 2.40. The Bertz CT molecular complexity index is 1320. The van der Waals surface area contributed by atoms with Crippen molar-refractivity contribution in [3.63, 3.8) is 0 Å². The number of aromatic nitrogens is 4. The Morgan fingerprint density at radius 1 is 1.11 bits per heavy atom. The molecule has 0 saturated heterocycles. The van der Waals surface area contributed by atoms with E-state index in [0.29, 0.717) is 35.4 Å². The number of rotatable bonds is 8. The molecule has 1 aromatic carbocycles. The van der Waals surface area contributed by atoms with Gasteiger partial charge in [0.25, 0.3) is 5.91 Å². The van der Waals surface area contributed by atoms with Crippen molar-refractivity contribution in [2.75, 3.05) is 7.05 Å². The van der Waals surface area contributed by atoms with Crippen LogP contribution in [0.1, 0.15) is 58.3 Å². The number of amides is 1. The summed E-state index contributed by atoms with van der Waals surface area (Å²) in [6.07, 6.45) is 8.62.